The number of nitrogens with one attached hydrogen (secondary N) is 1. The van der Waals surface area contributed by atoms with Crippen LogP contribution in [0.3, 0.4) is 0 Å². The van der Waals surface area contributed by atoms with Gasteiger partial charge in [0.25, 0.3) is 5.91 Å². The summed E-state index contributed by atoms with van der Waals surface area (Å²) in [5.41, 5.74) is 1.94. The molecule has 3 heterocycles. The van der Waals surface area contributed by atoms with Gasteiger partial charge in [0.15, 0.2) is 0 Å². The van der Waals surface area contributed by atoms with Crippen molar-refractivity contribution < 1.29 is 9.32 Å². The Hall–Kier alpha value is -3.09. The van der Waals surface area contributed by atoms with Gasteiger partial charge in [-0.2, -0.15) is 4.98 Å². The van der Waals surface area contributed by atoms with Crippen molar-refractivity contribution in [1.82, 2.24) is 25.4 Å². The lowest BCUT2D eigenvalue weighted by atomic mass is 10.2. The van der Waals surface area contributed by atoms with Crippen molar-refractivity contribution in [2.75, 3.05) is 0 Å². The van der Waals surface area contributed by atoms with E-state index in [1.807, 2.05) is 13.0 Å². The zero-order valence-corrected chi connectivity index (χ0v) is 11.9. The zero-order chi connectivity index (χ0) is 15.4. The molecule has 110 valence electrons. The first-order valence-corrected chi connectivity index (χ1v) is 6.67. The molecule has 0 aromatic carbocycles. The molecule has 0 aliphatic carbocycles. The second-order valence-corrected chi connectivity index (χ2v) is 4.59. The van der Waals surface area contributed by atoms with Crippen molar-refractivity contribution in [2.24, 2.45) is 0 Å². The van der Waals surface area contributed by atoms with Crippen molar-refractivity contribution >= 4 is 5.91 Å². The SMILES string of the molecule is Cc1cccc(C(=O)NCc2nc(-c3ccncc3)no2)n1. The van der Waals surface area contributed by atoms with Gasteiger partial charge in [-0.05, 0) is 31.2 Å². The minimum absolute atomic E-state index is 0.145. The number of hydrogen-bond donors (Lipinski definition) is 1. The number of carbonyl (C=O) groups is 1. The molecular weight excluding hydrogens is 282 g/mol. The van der Waals surface area contributed by atoms with Crippen LogP contribution in [0.1, 0.15) is 22.1 Å². The maximum atomic E-state index is 12.0. The highest BCUT2D eigenvalue weighted by atomic mass is 16.5. The normalized spacial score (nSPS) is 10.4. The van der Waals surface area contributed by atoms with Crippen molar-refractivity contribution in [1.29, 1.82) is 0 Å². The molecular formula is C15H13N5O2. The van der Waals surface area contributed by atoms with Gasteiger partial charge in [-0.25, -0.2) is 4.98 Å². The molecule has 0 spiro atoms. The fourth-order valence-corrected chi connectivity index (χ4v) is 1.86. The van der Waals surface area contributed by atoms with Crippen LogP contribution in [0.4, 0.5) is 0 Å². The molecule has 7 heteroatoms. The van der Waals surface area contributed by atoms with Crippen molar-refractivity contribution in [3.05, 3.63) is 60.0 Å². The summed E-state index contributed by atoms with van der Waals surface area (Å²) in [5, 5.41) is 6.57. The van der Waals surface area contributed by atoms with E-state index >= 15 is 0 Å². The molecule has 7 nitrogen and oxygen atoms in total. The number of hydrogen-bond acceptors (Lipinski definition) is 6. The standard InChI is InChI=1S/C15H13N5O2/c1-10-3-2-4-12(18-10)15(21)17-9-13-19-14(20-22-13)11-5-7-16-8-6-11/h2-8H,9H2,1H3,(H,17,21). The fraction of sp³-hybridized carbons (Fsp3) is 0.133. The van der Waals surface area contributed by atoms with Crippen LogP contribution in [0, 0.1) is 6.92 Å². The lowest BCUT2D eigenvalue weighted by Gasteiger charge is -2.02. The van der Waals surface area contributed by atoms with Crippen LogP contribution in [-0.4, -0.2) is 26.0 Å². The summed E-state index contributed by atoms with van der Waals surface area (Å²) in [5.74, 6) is 0.500. The number of amides is 1. The number of rotatable bonds is 4. The number of aryl methyl sites for hydroxylation is 1. The third kappa shape index (κ3) is 3.14. The minimum Gasteiger partial charge on any atom is -0.342 e. The van der Waals surface area contributed by atoms with Crippen LogP contribution < -0.4 is 5.32 Å². The Bertz CT molecular complexity index is 785. The summed E-state index contributed by atoms with van der Waals surface area (Å²) in [7, 11) is 0. The van der Waals surface area contributed by atoms with Gasteiger partial charge in [-0.1, -0.05) is 11.2 Å². The second-order valence-electron chi connectivity index (χ2n) is 4.59. The molecule has 0 saturated heterocycles. The zero-order valence-electron chi connectivity index (χ0n) is 11.9. The average Bonchev–Trinajstić information content (AvgIpc) is 3.02. The topological polar surface area (TPSA) is 93.8 Å². The highest BCUT2D eigenvalue weighted by Crippen LogP contribution is 2.13. The molecule has 0 fully saturated rings. The predicted molar refractivity (Wildman–Crippen MR) is 77.7 cm³/mol. The minimum atomic E-state index is -0.285. The number of aromatic nitrogens is 4. The number of nitrogens with zero attached hydrogens (tertiary/aromatic N) is 4. The van der Waals surface area contributed by atoms with Crippen molar-refractivity contribution in [3.8, 4) is 11.4 Å². The van der Waals surface area contributed by atoms with Crippen molar-refractivity contribution in [3.63, 3.8) is 0 Å². The van der Waals surface area contributed by atoms with Gasteiger partial charge >= 0.3 is 0 Å². The van der Waals surface area contributed by atoms with Gasteiger partial charge in [-0.3, -0.25) is 9.78 Å². The summed E-state index contributed by atoms with van der Waals surface area (Å²) in [6, 6.07) is 8.83. The van der Waals surface area contributed by atoms with Gasteiger partial charge in [0.2, 0.25) is 11.7 Å². The summed E-state index contributed by atoms with van der Waals surface area (Å²) in [6.07, 6.45) is 3.30. The first kappa shape index (κ1) is 13.9. The molecule has 3 aromatic heterocycles. The highest BCUT2D eigenvalue weighted by molar-refractivity contribution is 5.92. The molecule has 3 aromatic rings. The van der Waals surface area contributed by atoms with E-state index in [1.54, 1.807) is 36.7 Å². The van der Waals surface area contributed by atoms with E-state index < -0.39 is 0 Å². The maximum Gasteiger partial charge on any atom is 0.270 e. The molecule has 3 rings (SSSR count). The first-order valence-electron chi connectivity index (χ1n) is 6.67. The number of carbonyl (C=O) groups excluding carboxylic acids is 1. The summed E-state index contributed by atoms with van der Waals surface area (Å²) < 4.78 is 5.11. The van der Waals surface area contributed by atoms with Crippen LogP contribution >= 0.6 is 0 Å². The molecule has 0 aliphatic rings. The van der Waals surface area contributed by atoms with E-state index in [2.05, 4.69) is 25.4 Å². The fourth-order valence-electron chi connectivity index (χ4n) is 1.86. The van der Waals surface area contributed by atoms with Crippen LogP contribution in [-0.2, 0) is 6.54 Å². The Balaban J connectivity index is 1.65. The van der Waals surface area contributed by atoms with Crippen LogP contribution in [0.2, 0.25) is 0 Å². The second kappa shape index (κ2) is 6.13. The molecule has 0 aliphatic heterocycles. The highest BCUT2D eigenvalue weighted by Gasteiger charge is 2.11. The van der Waals surface area contributed by atoms with Gasteiger partial charge in [0, 0.05) is 23.7 Å². The Kier molecular flexibility index (Phi) is 3.86. The Morgan fingerprint density at radius 1 is 1.18 bits per heavy atom. The smallest absolute Gasteiger partial charge is 0.270 e. The first-order chi connectivity index (χ1) is 10.7. The van der Waals surface area contributed by atoms with Crippen LogP contribution in [0.15, 0.2) is 47.2 Å². The third-order valence-corrected chi connectivity index (χ3v) is 2.93. The quantitative estimate of drug-likeness (QED) is 0.788. The molecule has 1 N–H and O–H groups in total. The van der Waals surface area contributed by atoms with E-state index in [9.17, 15) is 4.79 Å². The summed E-state index contributed by atoms with van der Waals surface area (Å²) in [6.45, 7) is 1.97. The van der Waals surface area contributed by atoms with Gasteiger partial charge in [0.1, 0.15) is 5.69 Å². The Morgan fingerprint density at radius 3 is 2.77 bits per heavy atom. The molecule has 0 unspecified atom stereocenters. The van der Waals surface area contributed by atoms with E-state index in [1.165, 1.54) is 0 Å². The van der Waals surface area contributed by atoms with Gasteiger partial charge in [-0.15, -0.1) is 0 Å². The molecule has 0 radical (unpaired) electrons. The van der Waals surface area contributed by atoms with E-state index in [4.69, 9.17) is 4.52 Å². The molecule has 0 saturated carbocycles. The molecule has 22 heavy (non-hydrogen) atoms. The summed E-state index contributed by atoms with van der Waals surface area (Å²) >= 11 is 0. The lowest BCUT2D eigenvalue weighted by molar-refractivity contribution is 0.0941. The predicted octanol–water partition coefficient (Wildman–Crippen LogP) is 1.77. The van der Waals surface area contributed by atoms with Crippen LogP contribution in [0.25, 0.3) is 11.4 Å². The van der Waals surface area contributed by atoms with Crippen LogP contribution in [0.5, 0.6) is 0 Å². The molecule has 1 amide bonds. The lowest BCUT2D eigenvalue weighted by Crippen LogP contribution is -2.24. The Morgan fingerprint density at radius 2 is 2.00 bits per heavy atom. The molecule has 0 bridgehead atoms. The monoisotopic (exact) mass is 295 g/mol. The van der Waals surface area contributed by atoms with Gasteiger partial charge in [0.05, 0.1) is 6.54 Å². The van der Waals surface area contributed by atoms with Gasteiger partial charge < -0.3 is 9.84 Å². The largest absolute Gasteiger partial charge is 0.342 e. The number of pyridine rings is 2. The summed E-state index contributed by atoms with van der Waals surface area (Å²) in [4.78, 5) is 24.3. The van der Waals surface area contributed by atoms with E-state index in [-0.39, 0.29) is 12.5 Å². The Labute approximate surface area is 126 Å². The maximum absolute atomic E-state index is 12.0. The van der Waals surface area contributed by atoms with Crippen molar-refractivity contribution in [2.45, 2.75) is 13.5 Å². The van der Waals surface area contributed by atoms with E-state index in [0.717, 1.165) is 11.3 Å². The molecule has 0 atom stereocenters. The van der Waals surface area contributed by atoms with E-state index in [0.29, 0.717) is 17.4 Å². The third-order valence-electron chi connectivity index (χ3n) is 2.93. The average molecular weight is 295 g/mol.